The van der Waals surface area contributed by atoms with Gasteiger partial charge in [0.2, 0.25) is 0 Å². The molecule has 0 aromatic heterocycles. The van der Waals surface area contributed by atoms with Crippen molar-refractivity contribution in [1.29, 1.82) is 0 Å². The summed E-state index contributed by atoms with van der Waals surface area (Å²) in [5, 5.41) is 0. The quantitative estimate of drug-likeness (QED) is 0.679. The molecule has 1 aromatic carbocycles. The van der Waals surface area contributed by atoms with Crippen LogP contribution in [-0.4, -0.2) is 25.7 Å². The number of ether oxygens (including phenoxy) is 2. The lowest BCUT2D eigenvalue weighted by molar-refractivity contribution is -0.417. The predicted octanol–water partition coefficient (Wildman–Crippen LogP) is -1.63. The minimum absolute atomic E-state index is 0. The molecule has 112 valence electrons. The second-order valence-corrected chi connectivity index (χ2v) is 5.22. The van der Waals surface area contributed by atoms with Gasteiger partial charge < -0.3 is 27.6 Å². The van der Waals surface area contributed by atoms with E-state index in [0.717, 1.165) is 30.6 Å². The first-order valence-electron chi connectivity index (χ1n) is 6.81. The molecule has 5 heteroatoms. The van der Waals surface area contributed by atoms with Crippen LogP contribution < -0.4 is 22.9 Å². The molecule has 2 rings (SSSR count). The lowest BCUT2D eigenvalue weighted by Crippen LogP contribution is -3.00. The third kappa shape index (κ3) is 3.87. The molecule has 0 radical (unpaired) electrons. The zero-order valence-corrected chi connectivity index (χ0v) is 12.8. The van der Waals surface area contributed by atoms with Gasteiger partial charge in [-0.3, -0.25) is 0 Å². The zero-order valence-electron chi connectivity index (χ0n) is 12.1. The summed E-state index contributed by atoms with van der Waals surface area (Å²) in [6.07, 6.45) is 4.26. The van der Waals surface area contributed by atoms with E-state index in [0.29, 0.717) is 12.2 Å². The number of carbonyl (C=O) groups excluding carboxylic acids is 1. The molecule has 0 aliphatic heterocycles. The van der Waals surface area contributed by atoms with E-state index in [2.05, 4.69) is 11.8 Å². The van der Waals surface area contributed by atoms with Crippen LogP contribution in [0.2, 0.25) is 0 Å². The van der Waals surface area contributed by atoms with Gasteiger partial charge in [-0.15, -0.1) is 0 Å². The van der Waals surface area contributed by atoms with Crippen LogP contribution in [0.3, 0.4) is 0 Å². The summed E-state index contributed by atoms with van der Waals surface area (Å²) >= 11 is 0. The van der Waals surface area contributed by atoms with Crippen molar-refractivity contribution in [3.8, 4) is 5.75 Å². The highest BCUT2D eigenvalue weighted by atomic mass is 35.5. The van der Waals surface area contributed by atoms with Gasteiger partial charge in [-0.05, 0) is 55.9 Å². The van der Waals surface area contributed by atoms with E-state index >= 15 is 0 Å². The summed E-state index contributed by atoms with van der Waals surface area (Å²) in [6, 6.07) is 4.08. The van der Waals surface area contributed by atoms with Crippen molar-refractivity contribution in [3.63, 3.8) is 0 Å². The average molecular weight is 300 g/mol. The maximum absolute atomic E-state index is 11.9. The van der Waals surface area contributed by atoms with Crippen LogP contribution >= 0.6 is 0 Å². The van der Waals surface area contributed by atoms with Crippen molar-refractivity contribution >= 4 is 5.97 Å². The Labute approximate surface area is 126 Å². The number of methoxy groups -OCH3 is 1. The monoisotopic (exact) mass is 299 g/mol. The highest BCUT2D eigenvalue weighted by molar-refractivity contribution is 5.92. The van der Waals surface area contributed by atoms with Crippen LogP contribution in [0.4, 0.5) is 0 Å². The molecule has 3 N–H and O–H groups in total. The molecule has 4 nitrogen and oxygen atoms in total. The number of quaternary nitrogens is 1. The molecule has 1 aliphatic carbocycles. The summed E-state index contributed by atoms with van der Waals surface area (Å²) < 4.78 is 10.6. The number of esters is 1. The molecule has 0 amide bonds. The first-order chi connectivity index (χ1) is 9.11. The second-order valence-electron chi connectivity index (χ2n) is 5.22. The molecule has 1 atom stereocenters. The Bertz CT molecular complexity index is 474. The number of rotatable bonds is 4. The van der Waals surface area contributed by atoms with E-state index in [1.165, 1.54) is 19.1 Å². The summed E-state index contributed by atoms with van der Waals surface area (Å²) in [6.45, 7) is 2.55. The van der Waals surface area contributed by atoms with Crippen molar-refractivity contribution < 1.29 is 32.4 Å². The predicted molar refractivity (Wildman–Crippen MR) is 72.3 cm³/mol. The third-order valence-electron chi connectivity index (χ3n) is 3.38. The molecule has 0 fully saturated rings. The number of carbonyl (C=O) groups is 1. The molecular weight excluding hydrogens is 278 g/mol. The smallest absolute Gasteiger partial charge is 0.338 e. The molecule has 20 heavy (non-hydrogen) atoms. The third-order valence-corrected chi connectivity index (χ3v) is 3.38. The Morgan fingerprint density at radius 2 is 2.05 bits per heavy atom. The van der Waals surface area contributed by atoms with Crippen LogP contribution in [0.25, 0.3) is 0 Å². The topological polar surface area (TPSA) is 63.2 Å². The highest BCUT2D eigenvalue weighted by Crippen LogP contribution is 2.29. The van der Waals surface area contributed by atoms with E-state index in [1.807, 2.05) is 6.92 Å². The maximum atomic E-state index is 11.9. The first kappa shape index (κ1) is 16.8. The summed E-state index contributed by atoms with van der Waals surface area (Å²) in [7, 11) is 1.42. The minimum Gasteiger partial charge on any atom is -1.00 e. The molecule has 0 saturated carbocycles. The van der Waals surface area contributed by atoms with Crippen LogP contribution in [-0.2, 0) is 17.6 Å². The number of aryl methyl sites for hydroxylation is 1. The molecule has 1 aromatic rings. The van der Waals surface area contributed by atoms with Gasteiger partial charge in [0, 0.05) is 0 Å². The largest absolute Gasteiger partial charge is 1.00 e. The Morgan fingerprint density at radius 3 is 2.70 bits per heavy atom. The van der Waals surface area contributed by atoms with Gasteiger partial charge in [0.1, 0.15) is 18.4 Å². The van der Waals surface area contributed by atoms with Crippen molar-refractivity contribution in [2.24, 2.45) is 0 Å². The van der Waals surface area contributed by atoms with E-state index in [9.17, 15) is 4.79 Å². The molecule has 0 heterocycles. The Hall–Kier alpha value is -1.26. The molecule has 0 spiro atoms. The highest BCUT2D eigenvalue weighted by Gasteiger charge is 2.20. The van der Waals surface area contributed by atoms with Crippen molar-refractivity contribution in [2.45, 2.75) is 38.6 Å². The SMILES string of the molecule is COC(=O)c1cc(OC[C@H](C)[NH3+])cc2c1CCCC2.[Cl-]. The van der Waals surface area contributed by atoms with Gasteiger partial charge in [0.15, 0.2) is 0 Å². The Balaban J connectivity index is 0.00000200. The van der Waals surface area contributed by atoms with Crippen LogP contribution in [0.15, 0.2) is 12.1 Å². The second kappa shape index (κ2) is 7.50. The maximum Gasteiger partial charge on any atom is 0.338 e. The molecule has 0 saturated heterocycles. The molecular formula is C15H22ClNO3. The first-order valence-corrected chi connectivity index (χ1v) is 6.81. The number of hydrogen-bond acceptors (Lipinski definition) is 3. The standard InChI is InChI=1S/C15H21NO3.ClH/c1-10(16)9-19-12-7-11-5-3-4-6-13(11)14(8-12)15(17)18-2;/h7-8,10H,3-6,9,16H2,1-2H3;1H/t10-;/m0./s1. The molecule has 1 aliphatic rings. The van der Waals surface area contributed by atoms with Crippen LogP contribution in [0.5, 0.6) is 5.75 Å². The number of hydrogen-bond donors (Lipinski definition) is 1. The lowest BCUT2D eigenvalue weighted by Gasteiger charge is -2.20. The zero-order chi connectivity index (χ0) is 13.8. The average Bonchev–Trinajstić information content (AvgIpc) is 2.43. The number of fused-ring (bicyclic) bond motifs is 1. The van der Waals surface area contributed by atoms with Crippen LogP contribution in [0, 0.1) is 0 Å². The van der Waals surface area contributed by atoms with E-state index in [-0.39, 0.29) is 24.4 Å². The fourth-order valence-electron chi connectivity index (χ4n) is 2.45. The fourth-order valence-corrected chi connectivity index (χ4v) is 2.45. The van der Waals surface area contributed by atoms with Gasteiger partial charge in [-0.2, -0.15) is 0 Å². The van der Waals surface area contributed by atoms with Crippen molar-refractivity contribution in [3.05, 3.63) is 28.8 Å². The summed E-state index contributed by atoms with van der Waals surface area (Å²) in [5.74, 6) is 0.475. The van der Waals surface area contributed by atoms with E-state index in [1.54, 1.807) is 6.07 Å². The van der Waals surface area contributed by atoms with Crippen LogP contribution in [0.1, 0.15) is 41.3 Å². The fraction of sp³-hybridized carbons (Fsp3) is 0.533. The number of halogens is 1. The van der Waals surface area contributed by atoms with Gasteiger partial charge >= 0.3 is 5.97 Å². The van der Waals surface area contributed by atoms with Crippen molar-refractivity contribution in [1.82, 2.24) is 0 Å². The van der Waals surface area contributed by atoms with Gasteiger partial charge in [-0.1, -0.05) is 0 Å². The van der Waals surface area contributed by atoms with Gasteiger partial charge in [0.25, 0.3) is 0 Å². The molecule has 0 bridgehead atoms. The number of benzene rings is 1. The lowest BCUT2D eigenvalue weighted by atomic mass is 9.88. The molecule has 0 unspecified atom stereocenters. The van der Waals surface area contributed by atoms with Gasteiger partial charge in [-0.25, -0.2) is 4.79 Å². The van der Waals surface area contributed by atoms with E-state index < -0.39 is 0 Å². The summed E-state index contributed by atoms with van der Waals surface area (Å²) in [4.78, 5) is 11.9. The minimum atomic E-state index is -0.272. The normalized spacial score (nSPS) is 14.8. The Kier molecular flexibility index (Phi) is 6.30. The van der Waals surface area contributed by atoms with Gasteiger partial charge in [0.05, 0.1) is 12.7 Å². The Morgan fingerprint density at radius 1 is 1.35 bits per heavy atom. The van der Waals surface area contributed by atoms with E-state index in [4.69, 9.17) is 9.47 Å². The van der Waals surface area contributed by atoms with Crippen molar-refractivity contribution in [2.75, 3.05) is 13.7 Å². The summed E-state index contributed by atoms with van der Waals surface area (Å²) in [5.41, 5.74) is 6.91.